The lowest BCUT2D eigenvalue weighted by Crippen LogP contribution is -2.38. The van der Waals surface area contributed by atoms with Gasteiger partial charge < -0.3 is 10.2 Å². The molecule has 5 nitrogen and oxygen atoms in total. The predicted molar refractivity (Wildman–Crippen MR) is 105 cm³/mol. The Morgan fingerprint density at radius 2 is 2.00 bits per heavy atom. The van der Waals surface area contributed by atoms with E-state index >= 15 is 0 Å². The lowest BCUT2D eigenvalue weighted by atomic mass is 9.91. The van der Waals surface area contributed by atoms with Gasteiger partial charge in [-0.25, -0.2) is 0 Å². The number of halogens is 1. The van der Waals surface area contributed by atoms with Crippen molar-refractivity contribution in [3.63, 3.8) is 0 Å². The Balaban J connectivity index is 1.37. The Morgan fingerprint density at radius 3 is 2.70 bits per heavy atom. The van der Waals surface area contributed by atoms with E-state index < -0.39 is 0 Å². The van der Waals surface area contributed by atoms with Gasteiger partial charge in [0.25, 0.3) is 5.91 Å². The van der Waals surface area contributed by atoms with E-state index in [4.69, 9.17) is 11.6 Å². The summed E-state index contributed by atoms with van der Waals surface area (Å²) in [6, 6.07) is 11.1. The van der Waals surface area contributed by atoms with E-state index in [1.54, 1.807) is 24.5 Å². The molecule has 1 N–H and O–H groups in total. The second-order valence-electron chi connectivity index (χ2n) is 6.92. The van der Waals surface area contributed by atoms with E-state index in [-0.39, 0.29) is 11.8 Å². The largest absolute Gasteiger partial charge is 0.352 e. The Morgan fingerprint density at radius 1 is 1.19 bits per heavy atom. The number of carbonyl (C=O) groups excluding carboxylic acids is 2. The predicted octanol–water partition coefficient (Wildman–Crippen LogP) is 3.68. The van der Waals surface area contributed by atoms with Crippen molar-refractivity contribution < 1.29 is 9.59 Å². The van der Waals surface area contributed by atoms with Crippen molar-refractivity contribution in [3.8, 4) is 0 Å². The van der Waals surface area contributed by atoms with E-state index in [0.29, 0.717) is 29.5 Å². The highest BCUT2D eigenvalue weighted by Crippen LogP contribution is 2.23. The number of piperidine rings is 1. The molecule has 1 aromatic heterocycles. The molecule has 0 saturated carbocycles. The van der Waals surface area contributed by atoms with Crippen LogP contribution in [0.2, 0.25) is 5.02 Å². The van der Waals surface area contributed by atoms with E-state index in [9.17, 15) is 9.59 Å². The molecule has 1 aromatic carbocycles. The summed E-state index contributed by atoms with van der Waals surface area (Å²) in [7, 11) is 0. The molecule has 0 aliphatic carbocycles. The first-order chi connectivity index (χ1) is 13.1. The molecule has 6 heteroatoms. The summed E-state index contributed by atoms with van der Waals surface area (Å²) in [6.45, 7) is 1.97. The number of hydrogen-bond acceptors (Lipinski definition) is 3. The molecule has 2 amide bonds. The summed E-state index contributed by atoms with van der Waals surface area (Å²) in [5.41, 5.74) is 1.63. The van der Waals surface area contributed by atoms with Crippen LogP contribution in [0.15, 0.2) is 48.8 Å². The van der Waals surface area contributed by atoms with Crippen molar-refractivity contribution in [2.75, 3.05) is 13.1 Å². The molecule has 0 bridgehead atoms. The number of nitrogens with zero attached hydrogens (tertiary/aromatic N) is 2. The Bertz CT molecular complexity index is 774. The zero-order valence-corrected chi connectivity index (χ0v) is 16.0. The van der Waals surface area contributed by atoms with Crippen molar-refractivity contribution in [3.05, 3.63) is 64.9 Å². The number of nitrogens with one attached hydrogen (secondary N) is 1. The molecule has 2 aromatic rings. The molecule has 1 saturated heterocycles. The number of hydrogen-bond donors (Lipinski definition) is 1. The maximum Gasteiger partial charge on any atom is 0.255 e. The molecule has 27 heavy (non-hydrogen) atoms. The molecule has 1 aliphatic rings. The van der Waals surface area contributed by atoms with Crippen molar-refractivity contribution in [1.82, 2.24) is 15.2 Å². The fourth-order valence-electron chi connectivity index (χ4n) is 3.37. The van der Waals surface area contributed by atoms with Crippen molar-refractivity contribution in [1.29, 1.82) is 0 Å². The third-order valence-corrected chi connectivity index (χ3v) is 5.20. The monoisotopic (exact) mass is 385 g/mol. The van der Waals surface area contributed by atoms with Crippen LogP contribution < -0.4 is 5.32 Å². The van der Waals surface area contributed by atoms with Gasteiger partial charge in [-0.2, -0.15) is 0 Å². The van der Waals surface area contributed by atoms with Crippen LogP contribution in [0.25, 0.3) is 0 Å². The fraction of sp³-hybridized carbons (Fsp3) is 0.381. The SMILES string of the molecule is O=C(CCC1CCN(C(=O)c2cccnc2)CC1)NCc1cccc(Cl)c1. The second-order valence-corrected chi connectivity index (χ2v) is 7.36. The lowest BCUT2D eigenvalue weighted by molar-refractivity contribution is -0.121. The maximum absolute atomic E-state index is 12.4. The van der Waals surface area contributed by atoms with Gasteiger partial charge in [0.2, 0.25) is 5.91 Å². The normalized spacial score (nSPS) is 14.8. The van der Waals surface area contributed by atoms with Crippen molar-refractivity contribution in [2.45, 2.75) is 32.2 Å². The van der Waals surface area contributed by atoms with Crippen molar-refractivity contribution in [2.24, 2.45) is 5.92 Å². The maximum atomic E-state index is 12.4. The summed E-state index contributed by atoms with van der Waals surface area (Å²) in [5, 5.41) is 3.62. The van der Waals surface area contributed by atoms with Gasteiger partial charge in [0.15, 0.2) is 0 Å². The minimum Gasteiger partial charge on any atom is -0.352 e. The highest BCUT2D eigenvalue weighted by molar-refractivity contribution is 6.30. The number of amides is 2. The average Bonchev–Trinajstić information content (AvgIpc) is 2.71. The standard InChI is InChI=1S/C21H24ClN3O2/c22-19-5-1-3-17(13-19)14-24-20(26)7-6-16-8-11-25(12-9-16)21(27)18-4-2-10-23-15-18/h1-5,10,13,15-16H,6-9,11-12,14H2,(H,24,26). The molecule has 2 heterocycles. The van der Waals surface area contributed by atoms with Gasteiger partial charge in [0.05, 0.1) is 5.56 Å². The van der Waals surface area contributed by atoms with Gasteiger partial charge in [-0.1, -0.05) is 23.7 Å². The van der Waals surface area contributed by atoms with E-state index in [1.165, 1.54) is 0 Å². The highest BCUT2D eigenvalue weighted by atomic mass is 35.5. The van der Waals surface area contributed by atoms with Gasteiger partial charge in [0.1, 0.15) is 0 Å². The smallest absolute Gasteiger partial charge is 0.255 e. The molecule has 0 unspecified atom stereocenters. The highest BCUT2D eigenvalue weighted by Gasteiger charge is 2.24. The van der Waals surface area contributed by atoms with Gasteiger partial charge in [-0.3, -0.25) is 14.6 Å². The van der Waals surface area contributed by atoms with Crippen LogP contribution in [0, 0.1) is 5.92 Å². The Hall–Kier alpha value is -2.40. The van der Waals surface area contributed by atoms with E-state index in [2.05, 4.69) is 10.3 Å². The quantitative estimate of drug-likeness (QED) is 0.824. The molecule has 1 fully saturated rings. The van der Waals surface area contributed by atoms with Crippen LogP contribution >= 0.6 is 11.6 Å². The fourth-order valence-corrected chi connectivity index (χ4v) is 3.58. The minimum atomic E-state index is 0.0424. The molecule has 0 atom stereocenters. The summed E-state index contributed by atoms with van der Waals surface area (Å²) in [6.07, 6.45) is 6.53. The molecule has 1 aliphatic heterocycles. The number of rotatable bonds is 6. The van der Waals surface area contributed by atoms with Gasteiger partial charge in [0, 0.05) is 43.5 Å². The van der Waals surface area contributed by atoms with E-state index in [0.717, 1.165) is 37.9 Å². The average molecular weight is 386 g/mol. The molecule has 3 rings (SSSR count). The summed E-state index contributed by atoms with van der Waals surface area (Å²) < 4.78 is 0. The minimum absolute atomic E-state index is 0.0424. The Kier molecular flexibility index (Phi) is 6.82. The van der Waals surface area contributed by atoms with E-state index in [1.807, 2.05) is 29.2 Å². The number of carbonyl (C=O) groups is 2. The molecular weight excluding hydrogens is 362 g/mol. The van der Waals surface area contributed by atoms with Gasteiger partial charge in [-0.05, 0) is 55.0 Å². The summed E-state index contributed by atoms with van der Waals surface area (Å²) in [5.74, 6) is 0.588. The molecule has 0 radical (unpaired) electrons. The van der Waals surface area contributed by atoms with Crippen LogP contribution in [-0.4, -0.2) is 34.8 Å². The first kappa shape index (κ1) is 19.4. The zero-order valence-electron chi connectivity index (χ0n) is 15.2. The summed E-state index contributed by atoms with van der Waals surface area (Å²) in [4.78, 5) is 30.4. The van der Waals surface area contributed by atoms with Crippen LogP contribution in [0.3, 0.4) is 0 Å². The van der Waals surface area contributed by atoms with Crippen LogP contribution in [0.4, 0.5) is 0 Å². The molecular formula is C21H24ClN3O2. The number of aromatic nitrogens is 1. The van der Waals surface area contributed by atoms with Crippen LogP contribution in [0.1, 0.15) is 41.6 Å². The first-order valence-electron chi connectivity index (χ1n) is 9.32. The Labute approximate surface area is 164 Å². The van der Waals surface area contributed by atoms with Crippen LogP contribution in [-0.2, 0) is 11.3 Å². The number of pyridine rings is 1. The summed E-state index contributed by atoms with van der Waals surface area (Å²) >= 11 is 5.95. The lowest BCUT2D eigenvalue weighted by Gasteiger charge is -2.32. The first-order valence-corrected chi connectivity index (χ1v) is 9.70. The number of likely N-dealkylation sites (tertiary alicyclic amines) is 1. The topological polar surface area (TPSA) is 62.3 Å². The third-order valence-electron chi connectivity index (χ3n) is 4.97. The zero-order chi connectivity index (χ0) is 19.1. The van der Waals surface area contributed by atoms with Gasteiger partial charge in [-0.15, -0.1) is 0 Å². The van der Waals surface area contributed by atoms with Crippen LogP contribution in [0.5, 0.6) is 0 Å². The third kappa shape index (κ3) is 5.79. The molecule has 0 spiro atoms. The molecule has 142 valence electrons. The van der Waals surface area contributed by atoms with Crippen molar-refractivity contribution >= 4 is 23.4 Å². The van der Waals surface area contributed by atoms with Gasteiger partial charge >= 0.3 is 0 Å². The number of benzene rings is 1. The second kappa shape index (κ2) is 9.51.